The van der Waals surface area contributed by atoms with E-state index in [1.165, 1.54) is 54.2 Å². The first-order valence-corrected chi connectivity index (χ1v) is 14.2. The van der Waals surface area contributed by atoms with Gasteiger partial charge in [-0.2, -0.15) is 0 Å². The molecular formula is C32H22ClF2N3O4S. The summed E-state index contributed by atoms with van der Waals surface area (Å²) in [6.45, 7) is 0. The van der Waals surface area contributed by atoms with Crippen LogP contribution in [0, 0.1) is 11.6 Å². The predicted molar refractivity (Wildman–Crippen MR) is 162 cm³/mol. The summed E-state index contributed by atoms with van der Waals surface area (Å²) < 4.78 is 27.8. The summed E-state index contributed by atoms with van der Waals surface area (Å²) in [5.41, 5.74) is 0.642. The minimum atomic E-state index is -0.726. The van der Waals surface area contributed by atoms with Crippen molar-refractivity contribution in [3.63, 3.8) is 0 Å². The van der Waals surface area contributed by atoms with Gasteiger partial charge in [-0.3, -0.25) is 19.2 Å². The number of hydrogen-bond donors (Lipinski definition) is 2. The Hall–Kier alpha value is -4.80. The molecule has 11 heteroatoms. The van der Waals surface area contributed by atoms with E-state index in [0.717, 1.165) is 11.0 Å². The maximum Gasteiger partial charge on any atom is 0.272 e. The number of amides is 4. The number of benzene rings is 4. The third kappa shape index (κ3) is 6.99. The molecule has 1 atom stereocenters. The fourth-order valence-corrected chi connectivity index (χ4v) is 5.54. The number of rotatable bonds is 8. The minimum Gasteiger partial charge on any atom is -0.321 e. The molecule has 0 aromatic heterocycles. The third-order valence-corrected chi connectivity index (χ3v) is 7.92. The number of nitrogens with one attached hydrogen (secondary N) is 2. The first-order chi connectivity index (χ1) is 20.7. The van der Waals surface area contributed by atoms with E-state index >= 15 is 0 Å². The van der Waals surface area contributed by atoms with Gasteiger partial charge in [0.2, 0.25) is 11.8 Å². The number of carbonyl (C=O) groups excluding carboxylic acids is 4. The van der Waals surface area contributed by atoms with Crippen LogP contribution < -0.4 is 15.5 Å². The second kappa shape index (κ2) is 13.0. The number of imide groups is 1. The van der Waals surface area contributed by atoms with Gasteiger partial charge in [0, 0.05) is 28.1 Å². The lowest BCUT2D eigenvalue weighted by atomic mass is 10.1. The molecule has 4 aromatic carbocycles. The number of nitrogens with zero attached hydrogens (tertiary/aromatic N) is 1. The summed E-state index contributed by atoms with van der Waals surface area (Å²) >= 11 is 7.34. The van der Waals surface area contributed by atoms with Gasteiger partial charge < -0.3 is 10.6 Å². The quantitative estimate of drug-likeness (QED) is 0.175. The maximum absolute atomic E-state index is 14.5. The number of thioether (sulfide) groups is 1. The fraction of sp³-hybridized carbons (Fsp3) is 0.0625. The Balaban J connectivity index is 1.30. The van der Waals surface area contributed by atoms with E-state index in [1.54, 1.807) is 54.6 Å². The first-order valence-electron chi connectivity index (χ1n) is 12.9. The van der Waals surface area contributed by atoms with E-state index < -0.39 is 34.6 Å². The Kier molecular flexibility index (Phi) is 8.98. The summed E-state index contributed by atoms with van der Waals surface area (Å²) in [6, 6.07) is 23.9. The zero-order valence-corrected chi connectivity index (χ0v) is 23.8. The third-order valence-electron chi connectivity index (χ3n) is 6.40. The molecule has 1 aliphatic rings. The Morgan fingerprint density at radius 2 is 1.58 bits per heavy atom. The van der Waals surface area contributed by atoms with Crippen LogP contribution in [0.15, 0.2) is 108 Å². The van der Waals surface area contributed by atoms with Crippen LogP contribution in [0.4, 0.5) is 20.2 Å². The van der Waals surface area contributed by atoms with Crippen molar-refractivity contribution < 1.29 is 28.0 Å². The highest BCUT2D eigenvalue weighted by atomic mass is 35.5. The molecule has 7 nitrogen and oxygen atoms in total. The van der Waals surface area contributed by atoms with Crippen molar-refractivity contribution in [1.29, 1.82) is 0 Å². The molecule has 4 amide bonds. The summed E-state index contributed by atoms with van der Waals surface area (Å²) in [4.78, 5) is 53.3. The largest absolute Gasteiger partial charge is 0.321 e. The van der Waals surface area contributed by atoms with E-state index in [4.69, 9.17) is 11.6 Å². The van der Waals surface area contributed by atoms with E-state index in [1.807, 2.05) is 0 Å². The van der Waals surface area contributed by atoms with E-state index in [9.17, 15) is 28.0 Å². The second-order valence-electron chi connectivity index (χ2n) is 9.35. The normalized spacial score (nSPS) is 15.0. The van der Waals surface area contributed by atoms with Gasteiger partial charge in [0.05, 0.1) is 16.0 Å². The molecule has 2 N–H and O–H groups in total. The van der Waals surface area contributed by atoms with E-state index in [2.05, 4.69) is 10.6 Å². The molecule has 216 valence electrons. The van der Waals surface area contributed by atoms with Crippen molar-refractivity contribution in [2.75, 3.05) is 10.2 Å². The molecule has 0 saturated carbocycles. The van der Waals surface area contributed by atoms with Crippen LogP contribution in [0.25, 0.3) is 6.08 Å². The van der Waals surface area contributed by atoms with Gasteiger partial charge in [-0.1, -0.05) is 35.9 Å². The van der Waals surface area contributed by atoms with Gasteiger partial charge in [0.15, 0.2) is 0 Å². The van der Waals surface area contributed by atoms with Crippen LogP contribution in [-0.4, -0.2) is 28.9 Å². The Morgan fingerprint density at radius 3 is 2.26 bits per heavy atom. The topological polar surface area (TPSA) is 95.6 Å². The number of hydrogen-bond acceptors (Lipinski definition) is 5. The highest BCUT2D eigenvalue weighted by Crippen LogP contribution is 2.34. The van der Waals surface area contributed by atoms with Crippen molar-refractivity contribution in [3.05, 3.63) is 131 Å². The molecule has 0 radical (unpaired) electrons. The standard InChI is InChI=1S/C32H22ClF2N3O4S/c33-25-7-4-8-26(35)24(25)17-27(37-30(40)19-5-2-1-3-6-19)31(41)36-21-11-15-23(16-12-21)43-28-18-29(39)38(32(28)42)22-13-9-20(34)10-14-22/h1-17,28H,18H2,(H,36,41)(H,37,40)/b27-17-. The fourth-order valence-electron chi connectivity index (χ4n) is 4.27. The van der Waals surface area contributed by atoms with Crippen molar-refractivity contribution in [1.82, 2.24) is 5.32 Å². The summed E-state index contributed by atoms with van der Waals surface area (Å²) in [6.07, 6.45) is 1.14. The molecule has 0 spiro atoms. The summed E-state index contributed by atoms with van der Waals surface area (Å²) in [5, 5.41) is 4.58. The van der Waals surface area contributed by atoms with Crippen LogP contribution in [0.1, 0.15) is 22.3 Å². The summed E-state index contributed by atoms with van der Waals surface area (Å²) in [7, 11) is 0. The molecule has 5 rings (SSSR count). The SMILES string of the molecule is O=C(Nc1ccc(SC2CC(=O)N(c3ccc(F)cc3)C2=O)cc1)/C(=C/c1c(F)cccc1Cl)NC(=O)c1ccccc1. The molecule has 1 saturated heterocycles. The van der Waals surface area contributed by atoms with Crippen LogP contribution in [0.3, 0.4) is 0 Å². The highest BCUT2D eigenvalue weighted by molar-refractivity contribution is 8.00. The predicted octanol–water partition coefficient (Wildman–Crippen LogP) is 6.45. The van der Waals surface area contributed by atoms with Gasteiger partial charge in [0.1, 0.15) is 17.3 Å². The van der Waals surface area contributed by atoms with Crippen LogP contribution in [0.5, 0.6) is 0 Å². The first kappa shape index (κ1) is 29.7. The monoisotopic (exact) mass is 617 g/mol. The zero-order valence-electron chi connectivity index (χ0n) is 22.2. The van der Waals surface area contributed by atoms with Crippen LogP contribution in [-0.2, 0) is 14.4 Å². The second-order valence-corrected chi connectivity index (χ2v) is 11.0. The zero-order chi connectivity index (χ0) is 30.5. The van der Waals surface area contributed by atoms with Crippen molar-refractivity contribution in [3.8, 4) is 0 Å². The van der Waals surface area contributed by atoms with Gasteiger partial charge in [-0.15, -0.1) is 11.8 Å². The lowest BCUT2D eigenvalue weighted by molar-refractivity contribution is -0.121. The van der Waals surface area contributed by atoms with E-state index in [0.29, 0.717) is 21.8 Å². The van der Waals surface area contributed by atoms with Gasteiger partial charge >= 0.3 is 0 Å². The summed E-state index contributed by atoms with van der Waals surface area (Å²) in [5.74, 6) is -3.24. The van der Waals surface area contributed by atoms with Crippen molar-refractivity contribution >= 4 is 64.4 Å². The Morgan fingerprint density at radius 1 is 0.884 bits per heavy atom. The lowest BCUT2D eigenvalue weighted by Crippen LogP contribution is -2.31. The average molecular weight is 618 g/mol. The molecule has 0 bridgehead atoms. The maximum atomic E-state index is 14.5. The molecule has 1 aliphatic heterocycles. The lowest BCUT2D eigenvalue weighted by Gasteiger charge is -2.15. The van der Waals surface area contributed by atoms with Crippen molar-refractivity contribution in [2.24, 2.45) is 0 Å². The molecule has 0 aliphatic carbocycles. The average Bonchev–Trinajstić information content (AvgIpc) is 3.28. The van der Waals surface area contributed by atoms with Crippen LogP contribution in [0.2, 0.25) is 5.02 Å². The highest BCUT2D eigenvalue weighted by Gasteiger charge is 2.40. The Bertz CT molecular complexity index is 1710. The van der Waals surface area contributed by atoms with Crippen molar-refractivity contribution in [2.45, 2.75) is 16.6 Å². The molecule has 4 aromatic rings. The molecular weight excluding hydrogens is 596 g/mol. The molecule has 1 fully saturated rings. The smallest absolute Gasteiger partial charge is 0.272 e. The van der Waals surface area contributed by atoms with Gasteiger partial charge in [0.25, 0.3) is 11.8 Å². The number of halogens is 3. The van der Waals surface area contributed by atoms with Gasteiger partial charge in [-0.25, -0.2) is 13.7 Å². The number of anilines is 2. The molecule has 1 unspecified atom stereocenters. The number of carbonyl (C=O) groups is 4. The van der Waals surface area contributed by atoms with E-state index in [-0.39, 0.29) is 28.6 Å². The van der Waals surface area contributed by atoms with Gasteiger partial charge in [-0.05, 0) is 78.9 Å². The molecule has 1 heterocycles. The van der Waals surface area contributed by atoms with Crippen LogP contribution >= 0.6 is 23.4 Å². The molecule has 43 heavy (non-hydrogen) atoms. The Labute approximate surface area is 254 Å². The minimum absolute atomic E-state index is 0.0206.